The van der Waals surface area contributed by atoms with Crippen LogP contribution >= 0.6 is 0 Å². The molecule has 4 heteroatoms. The molecular weight excluding hydrogens is 262 g/mol. The smallest absolute Gasteiger partial charge is 0.0640 e. The standard InChI is InChI=1S/C17H29N3O/c1-3-17-15(9-11-21-17)16(18-2)12-13-8-10-20(19-13)14-6-4-5-7-14/h8,10,14-18H,3-7,9,11-12H2,1-2H3. The Hall–Kier alpha value is -0.870. The van der Waals surface area contributed by atoms with E-state index in [0.717, 1.165) is 19.4 Å². The van der Waals surface area contributed by atoms with Gasteiger partial charge in [0.15, 0.2) is 0 Å². The average Bonchev–Trinajstić information content (AvgIpc) is 3.23. The van der Waals surface area contributed by atoms with E-state index in [1.165, 1.54) is 37.8 Å². The lowest BCUT2D eigenvalue weighted by Gasteiger charge is -2.26. The minimum Gasteiger partial charge on any atom is -0.378 e. The van der Waals surface area contributed by atoms with E-state index in [1.807, 2.05) is 0 Å². The first-order valence-corrected chi connectivity index (χ1v) is 8.64. The predicted molar refractivity (Wildman–Crippen MR) is 84.4 cm³/mol. The number of ether oxygens (including phenoxy) is 1. The molecule has 0 amide bonds. The fourth-order valence-corrected chi connectivity index (χ4v) is 4.10. The molecule has 2 fully saturated rings. The summed E-state index contributed by atoms with van der Waals surface area (Å²) in [6.45, 7) is 3.14. The maximum Gasteiger partial charge on any atom is 0.0640 e. The summed E-state index contributed by atoms with van der Waals surface area (Å²) in [7, 11) is 2.07. The maximum atomic E-state index is 5.86. The van der Waals surface area contributed by atoms with Crippen LogP contribution < -0.4 is 5.32 Å². The number of rotatable bonds is 6. The Bertz CT molecular complexity index is 439. The lowest BCUT2D eigenvalue weighted by Crippen LogP contribution is -2.39. The summed E-state index contributed by atoms with van der Waals surface area (Å²) in [5.41, 5.74) is 1.23. The van der Waals surface area contributed by atoms with E-state index in [2.05, 4.69) is 36.2 Å². The highest BCUT2D eigenvalue weighted by Crippen LogP contribution is 2.30. The molecule has 4 nitrogen and oxygen atoms in total. The Morgan fingerprint density at radius 3 is 2.90 bits per heavy atom. The van der Waals surface area contributed by atoms with E-state index < -0.39 is 0 Å². The molecule has 1 aromatic heterocycles. The molecule has 1 saturated heterocycles. The van der Waals surface area contributed by atoms with Gasteiger partial charge < -0.3 is 10.1 Å². The van der Waals surface area contributed by atoms with E-state index in [9.17, 15) is 0 Å². The van der Waals surface area contributed by atoms with Gasteiger partial charge in [0.1, 0.15) is 0 Å². The summed E-state index contributed by atoms with van der Waals surface area (Å²) in [6.07, 6.45) is 11.2. The number of hydrogen-bond donors (Lipinski definition) is 1. The van der Waals surface area contributed by atoms with Crippen LogP contribution in [-0.4, -0.2) is 35.6 Å². The van der Waals surface area contributed by atoms with Crippen LogP contribution in [0.15, 0.2) is 12.3 Å². The second kappa shape index (κ2) is 6.93. The van der Waals surface area contributed by atoms with Crippen LogP contribution in [0.4, 0.5) is 0 Å². The number of nitrogens with zero attached hydrogens (tertiary/aromatic N) is 2. The lowest BCUT2D eigenvalue weighted by atomic mass is 9.88. The highest BCUT2D eigenvalue weighted by molar-refractivity contribution is 5.04. The average molecular weight is 291 g/mol. The van der Waals surface area contributed by atoms with Crippen LogP contribution in [0, 0.1) is 5.92 Å². The van der Waals surface area contributed by atoms with Gasteiger partial charge in [0.2, 0.25) is 0 Å². The molecule has 1 saturated carbocycles. The van der Waals surface area contributed by atoms with Crippen molar-refractivity contribution in [3.8, 4) is 0 Å². The molecule has 0 aromatic carbocycles. The van der Waals surface area contributed by atoms with Crippen molar-refractivity contribution in [3.05, 3.63) is 18.0 Å². The van der Waals surface area contributed by atoms with Gasteiger partial charge in [0, 0.05) is 31.2 Å². The molecule has 3 rings (SSSR count). The van der Waals surface area contributed by atoms with Gasteiger partial charge in [-0.25, -0.2) is 0 Å². The summed E-state index contributed by atoms with van der Waals surface area (Å²) < 4.78 is 8.06. The van der Waals surface area contributed by atoms with Crippen LogP contribution in [0.25, 0.3) is 0 Å². The van der Waals surface area contributed by atoms with Gasteiger partial charge in [0.05, 0.1) is 17.8 Å². The van der Waals surface area contributed by atoms with E-state index in [-0.39, 0.29) is 0 Å². The van der Waals surface area contributed by atoms with Crippen molar-refractivity contribution in [2.24, 2.45) is 5.92 Å². The molecule has 3 unspecified atom stereocenters. The van der Waals surface area contributed by atoms with Gasteiger partial charge in [-0.15, -0.1) is 0 Å². The molecule has 0 radical (unpaired) electrons. The van der Waals surface area contributed by atoms with Crippen molar-refractivity contribution in [1.29, 1.82) is 0 Å². The van der Waals surface area contributed by atoms with Crippen molar-refractivity contribution < 1.29 is 4.74 Å². The number of hydrogen-bond acceptors (Lipinski definition) is 3. The van der Waals surface area contributed by atoms with Crippen molar-refractivity contribution in [2.45, 2.75) is 70.1 Å². The monoisotopic (exact) mass is 291 g/mol. The van der Waals surface area contributed by atoms with Crippen molar-refractivity contribution >= 4 is 0 Å². The van der Waals surface area contributed by atoms with Gasteiger partial charge in [-0.3, -0.25) is 4.68 Å². The molecule has 118 valence electrons. The molecule has 2 heterocycles. The Labute approximate surface area is 128 Å². The van der Waals surface area contributed by atoms with Crippen LogP contribution in [0.5, 0.6) is 0 Å². The Morgan fingerprint density at radius 1 is 1.38 bits per heavy atom. The molecule has 1 N–H and O–H groups in total. The molecule has 1 aliphatic heterocycles. The van der Waals surface area contributed by atoms with Crippen molar-refractivity contribution in [2.75, 3.05) is 13.7 Å². The zero-order valence-electron chi connectivity index (χ0n) is 13.4. The largest absolute Gasteiger partial charge is 0.378 e. The SMILES string of the molecule is CCC1OCCC1C(Cc1ccn(C2CCCC2)n1)NC. The van der Waals surface area contributed by atoms with Crippen molar-refractivity contribution in [3.63, 3.8) is 0 Å². The van der Waals surface area contributed by atoms with Gasteiger partial charge in [-0.2, -0.15) is 5.10 Å². The van der Waals surface area contributed by atoms with Crippen LogP contribution in [0.2, 0.25) is 0 Å². The van der Waals surface area contributed by atoms with Gasteiger partial charge in [-0.05, 0) is 38.8 Å². The summed E-state index contributed by atoms with van der Waals surface area (Å²) in [5, 5.41) is 8.34. The van der Waals surface area contributed by atoms with Crippen LogP contribution in [0.3, 0.4) is 0 Å². The minimum atomic E-state index is 0.416. The minimum absolute atomic E-state index is 0.416. The number of nitrogens with one attached hydrogen (secondary N) is 1. The lowest BCUT2D eigenvalue weighted by molar-refractivity contribution is 0.0782. The van der Waals surface area contributed by atoms with E-state index >= 15 is 0 Å². The van der Waals surface area contributed by atoms with Gasteiger partial charge >= 0.3 is 0 Å². The Kier molecular flexibility index (Phi) is 4.96. The molecule has 1 aliphatic carbocycles. The molecular formula is C17H29N3O. The zero-order valence-corrected chi connectivity index (χ0v) is 13.4. The first-order valence-electron chi connectivity index (χ1n) is 8.64. The fourth-order valence-electron chi connectivity index (χ4n) is 4.10. The van der Waals surface area contributed by atoms with Crippen molar-refractivity contribution in [1.82, 2.24) is 15.1 Å². The van der Waals surface area contributed by atoms with E-state index in [0.29, 0.717) is 24.1 Å². The molecule has 0 spiro atoms. The second-order valence-corrected chi connectivity index (χ2v) is 6.59. The number of aromatic nitrogens is 2. The molecule has 2 aliphatic rings. The fraction of sp³-hybridized carbons (Fsp3) is 0.824. The van der Waals surface area contributed by atoms with Crippen LogP contribution in [0.1, 0.15) is 57.2 Å². The summed E-state index contributed by atoms with van der Waals surface area (Å²) >= 11 is 0. The predicted octanol–water partition coefficient (Wildman–Crippen LogP) is 2.94. The number of likely N-dealkylation sites (N-methyl/N-ethyl adjacent to an activating group) is 1. The highest BCUT2D eigenvalue weighted by atomic mass is 16.5. The maximum absolute atomic E-state index is 5.86. The Balaban J connectivity index is 1.63. The Morgan fingerprint density at radius 2 is 2.19 bits per heavy atom. The van der Waals surface area contributed by atoms with Gasteiger partial charge in [0.25, 0.3) is 0 Å². The third-order valence-electron chi connectivity index (χ3n) is 5.34. The first kappa shape index (κ1) is 15.0. The zero-order chi connectivity index (χ0) is 14.7. The van der Waals surface area contributed by atoms with Gasteiger partial charge in [-0.1, -0.05) is 19.8 Å². The first-order chi connectivity index (χ1) is 10.3. The summed E-state index contributed by atoms with van der Waals surface area (Å²) in [4.78, 5) is 0. The van der Waals surface area contributed by atoms with Crippen LogP contribution in [-0.2, 0) is 11.2 Å². The third kappa shape index (κ3) is 3.32. The quantitative estimate of drug-likeness (QED) is 0.876. The molecule has 0 bridgehead atoms. The van der Waals surface area contributed by atoms with E-state index in [1.54, 1.807) is 0 Å². The van der Waals surface area contributed by atoms with E-state index in [4.69, 9.17) is 9.84 Å². The molecule has 3 atom stereocenters. The molecule has 1 aromatic rings. The summed E-state index contributed by atoms with van der Waals surface area (Å²) in [6, 6.07) is 3.33. The summed E-state index contributed by atoms with van der Waals surface area (Å²) in [5.74, 6) is 0.622. The third-order valence-corrected chi connectivity index (χ3v) is 5.34. The normalized spacial score (nSPS) is 28.3. The highest BCUT2D eigenvalue weighted by Gasteiger charge is 2.33. The molecule has 21 heavy (non-hydrogen) atoms. The topological polar surface area (TPSA) is 39.1 Å². The second-order valence-electron chi connectivity index (χ2n) is 6.59.